The Morgan fingerprint density at radius 2 is 1.96 bits per heavy atom. The SMILES string of the molecule is C/C=C(\C)C(=O)O[C@H]1CC[C@@H]2Cc3occ(C)c3[C@@H](OC(C)=O)[C@]2(C)[C@H]1C. The summed E-state index contributed by atoms with van der Waals surface area (Å²) in [7, 11) is 0. The number of allylic oxidation sites excluding steroid dienone is 1. The molecule has 1 saturated carbocycles. The number of aryl methyl sites for hydroxylation is 1. The predicted octanol–water partition coefficient (Wildman–Crippen LogP) is 4.68. The van der Waals surface area contributed by atoms with Crippen molar-refractivity contribution >= 4 is 11.9 Å². The van der Waals surface area contributed by atoms with Crippen LogP contribution in [-0.2, 0) is 25.5 Å². The van der Waals surface area contributed by atoms with E-state index in [0.29, 0.717) is 11.5 Å². The second kappa shape index (κ2) is 7.17. The Hall–Kier alpha value is -2.04. The highest BCUT2D eigenvalue weighted by Crippen LogP contribution is 2.60. The maximum Gasteiger partial charge on any atom is 0.333 e. The molecule has 0 saturated heterocycles. The van der Waals surface area contributed by atoms with E-state index >= 15 is 0 Å². The van der Waals surface area contributed by atoms with Crippen molar-refractivity contribution in [2.45, 2.75) is 73.0 Å². The highest BCUT2D eigenvalue weighted by atomic mass is 16.6. The standard InChI is InChI=1S/C22H30O5/c1-7-12(2)21(24)27-17-9-8-16-10-18-19(13(3)11-25-18)20(26-15(5)23)22(16,6)14(17)4/h7,11,14,16-17,20H,8-10H2,1-6H3/b12-7+/t14-,16+,17-,20+,22+/m0/s1. The molecular weight excluding hydrogens is 344 g/mol. The van der Waals surface area contributed by atoms with Crippen LogP contribution in [-0.4, -0.2) is 18.0 Å². The van der Waals surface area contributed by atoms with Gasteiger partial charge in [0.1, 0.15) is 18.0 Å². The molecule has 0 spiro atoms. The Morgan fingerprint density at radius 1 is 1.26 bits per heavy atom. The fourth-order valence-corrected chi connectivity index (χ4v) is 4.89. The number of hydrogen-bond donors (Lipinski definition) is 0. The molecule has 148 valence electrons. The molecule has 0 radical (unpaired) electrons. The number of carbonyl (C=O) groups is 2. The van der Waals surface area contributed by atoms with Crippen LogP contribution >= 0.6 is 0 Å². The van der Waals surface area contributed by atoms with E-state index in [9.17, 15) is 9.59 Å². The minimum atomic E-state index is -0.387. The molecule has 0 aliphatic heterocycles. The number of ether oxygens (including phenoxy) is 2. The highest BCUT2D eigenvalue weighted by molar-refractivity contribution is 5.87. The maximum atomic E-state index is 12.3. The molecule has 0 bridgehead atoms. The fourth-order valence-electron chi connectivity index (χ4n) is 4.89. The first-order valence-electron chi connectivity index (χ1n) is 9.78. The van der Waals surface area contributed by atoms with E-state index in [-0.39, 0.29) is 35.5 Å². The number of fused-ring (bicyclic) bond motifs is 2. The molecule has 1 aromatic rings. The number of furan rings is 1. The zero-order valence-corrected chi connectivity index (χ0v) is 17.1. The highest BCUT2D eigenvalue weighted by Gasteiger charge is 2.57. The number of hydrogen-bond acceptors (Lipinski definition) is 5. The summed E-state index contributed by atoms with van der Waals surface area (Å²) in [6.07, 6.45) is 5.48. The molecule has 5 nitrogen and oxygen atoms in total. The quantitative estimate of drug-likeness (QED) is 0.568. The molecule has 0 amide bonds. The zero-order chi connectivity index (χ0) is 19.9. The lowest BCUT2D eigenvalue weighted by molar-refractivity contribution is -0.184. The Morgan fingerprint density at radius 3 is 2.59 bits per heavy atom. The van der Waals surface area contributed by atoms with Gasteiger partial charge in [-0.25, -0.2) is 4.79 Å². The molecule has 0 unspecified atom stereocenters. The summed E-state index contributed by atoms with van der Waals surface area (Å²) in [6, 6.07) is 0. The van der Waals surface area contributed by atoms with Crippen LogP contribution in [0.25, 0.3) is 0 Å². The molecule has 3 rings (SSSR count). The third-order valence-electron chi connectivity index (χ3n) is 6.88. The first kappa shape index (κ1) is 19.7. The maximum absolute atomic E-state index is 12.3. The van der Waals surface area contributed by atoms with Gasteiger partial charge in [0, 0.05) is 35.8 Å². The van der Waals surface area contributed by atoms with Crippen molar-refractivity contribution in [3.05, 3.63) is 34.8 Å². The van der Waals surface area contributed by atoms with Crippen LogP contribution in [0.2, 0.25) is 0 Å². The number of carbonyl (C=O) groups excluding carboxylic acids is 2. The van der Waals surface area contributed by atoms with E-state index in [0.717, 1.165) is 36.1 Å². The Balaban J connectivity index is 1.98. The average molecular weight is 374 g/mol. The van der Waals surface area contributed by atoms with Gasteiger partial charge in [0.15, 0.2) is 0 Å². The van der Waals surface area contributed by atoms with Crippen LogP contribution in [0.5, 0.6) is 0 Å². The molecule has 2 aliphatic rings. The van der Waals surface area contributed by atoms with E-state index in [1.165, 1.54) is 6.92 Å². The number of esters is 2. The summed E-state index contributed by atoms with van der Waals surface area (Å²) < 4.78 is 17.5. The second-order valence-electron chi connectivity index (χ2n) is 8.29. The van der Waals surface area contributed by atoms with Crippen molar-refractivity contribution in [2.24, 2.45) is 17.3 Å². The van der Waals surface area contributed by atoms with Crippen molar-refractivity contribution in [1.29, 1.82) is 0 Å². The third-order valence-corrected chi connectivity index (χ3v) is 6.88. The molecule has 5 atom stereocenters. The minimum Gasteiger partial charge on any atom is -0.469 e. The Kier molecular flexibility index (Phi) is 5.24. The zero-order valence-electron chi connectivity index (χ0n) is 17.1. The van der Waals surface area contributed by atoms with Gasteiger partial charge < -0.3 is 13.9 Å². The van der Waals surface area contributed by atoms with E-state index in [1.807, 2.05) is 13.8 Å². The van der Waals surface area contributed by atoms with Gasteiger partial charge in [-0.3, -0.25) is 4.79 Å². The van der Waals surface area contributed by atoms with Gasteiger partial charge in [-0.05, 0) is 45.1 Å². The van der Waals surface area contributed by atoms with Crippen LogP contribution in [0, 0.1) is 24.2 Å². The Bertz CT molecular complexity index is 774. The molecule has 1 fully saturated rings. The van der Waals surface area contributed by atoms with E-state index in [2.05, 4.69) is 13.8 Å². The smallest absolute Gasteiger partial charge is 0.333 e. The third kappa shape index (κ3) is 3.21. The van der Waals surface area contributed by atoms with E-state index in [4.69, 9.17) is 13.9 Å². The first-order chi connectivity index (χ1) is 12.7. The summed E-state index contributed by atoms with van der Waals surface area (Å²) in [5.74, 6) is 0.721. The topological polar surface area (TPSA) is 65.7 Å². The molecule has 2 aliphatic carbocycles. The Labute approximate surface area is 161 Å². The van der Waals surface area contributed by atoms with E-state index < -0.39 is 0 Å². The van der Waals surface area contributed by atoms with Crippen LogP contribution < -0.4 is 0 Å². The van der Waals surface area contributed by atoms with Gasteiger partial charge in [-0.1, -0.05) is 19.9 Å². The molecule has 27 heavy (non-hydrogen) atoms. The van der Waals surface area contributed by atoms with Crippen LogP contribution in [0.15, 0.2) is 22.3 Å². The minimum absolute atomic E-state index is 0.0525. The average Bonchev–Trinajstić information content (AvgIpc) is 2.98. The van der Waals surface area contributed by atoms with Gasteiger partial charge >= 0.3 is 11.9 Å². The molecule has 0 aromatic carbocycles. The summed E-state index contributed by atoms with van der Waals surface area (Å²) in [6.45, 7) is 11.3. The predicted molar refractivity (Wildman–Crippen MR) is 101 cm³/mol. The normalized spacial score (nSPS) is 33.0. The van der Waals surface area contributed by atoms with Gasteiger partial charge in [0.2, 0.25) is 0 Å². The largest absolute Gasteiger partial charge is 0.469 e. The van der Waals surface area contributed by atoms with Gasteiger partial charge in [0.05, 0.1) is 6.26 Å². The summed E-state index contributed by atoms with van der Waals surface area (Å²) in [4.78, 5) is 24.3. The molecular formula is C22H30O5. The van der Waals surface area contributed by atoms with Gasteiger partial charge in [0.25, 0.3) is 0 Å². The van der Waals surface area contributed by atoms with Crippen molar-refractivity contribution in [2.75, 3.05) is 0 Å². The van der Waals surface area contributed by atoms with Crippen molar-refractivity contribution in [1.82, 2.24) is 0 Å². The summed E-state index contributed by atoms with van der Waals surface area (Å²) >= 11 is 0. The fraction of sp³-hybridized carbons (Fsp3) is 0.636. The summed E-state index contributed by atoms with van der Waals surface area (Å²) in [5.41, 5.74) is 2.29. The van der Waals surface area contributed by atoms with Crippen LogP contribution in [0.1, 0.15) is 70.5 Å². The monoisotopic (exact) mass is 374 g/mol. The van der Waals surface area contributed by atoms with Gasteiger partial charge in [-0.15, -0.1) is 0 Å². The lowest BCUT2D eigenvalue weighted by Gasteiger charge is -2.54. The second-order valence-corrected chi connectivity index (χ2v) is 8.29. The van der Waals surface area contributed by atoms with Crippen LogP contribution in [0.3, 0.4) is 0 Å². The molecule has 1 aromatic heterocycles. The van der Waals surface area contributed by atoms with Crippen LogP contribution in [0.4, 0.5) is 0 Å². The van der Waals surface area contributed by atoms with Crippen molar-refractivity contribution in [3.63, 3.8) is 0 Å². The lowest BCUT2D eigenvalue weighted by Crippen LogP contribution is -2.53. The summed E-state index contributed by atoms with van der Waals surface area (Å²) in [5, 5.41) is 0. The van der Waals surface area contributed by atoms with E-state index in [1.54, 1.807) is 19.3 Å². The van der Waals surface area contributed by atoms with Gasteiger partial charge in [-0.2, -0.15) is 0 Å². The molecule has 1 heterocycles. The molecule has 5 heteroatoms. The lowest BCUT2D eigenvalue weighted by atomic mass is 9.53. The van der Waals surface area contributed by atoms with Crippen molar-refractivity contribution in [3.8, 4) is 0 Å². The first-order valence-corrected chi connectivity index (χ1v) is 9.78. The van der Waals surface area contributed by atoms with Crippen molar-refractivity contribution < 1.29 is 23.5 Å². The number of rotatable bonds is 3. The molecule has 0 N–H and O–H groups in total.